The summed E-state index contributed by atoms with van der Waals surface area (Å²) in [5, 5.41) is 0. The minimum atomic E-state index is -4.26. The predicted octanol–water partition coefficient (Wildman–Crippen LogP) is 2.08. The van der Waals surface area contributed by atoms with Crippen molar-refractivity contribution in [3.63, 3.8) is 0 Å². The van der Waals surface area contributed by atoms with Crippen LogP contribution in [0.4, 0.5) is 13.2 Å². The number of carbonyl (C=O) groups is 1. The van der Waals surface area contributed by atoms with Crippen LogP contribution >= 0.6 is 0 Å². The Bertz CT molecular complexity index is 379. The van der Waals surface area contributed by atoms with E-state index in [0.29, 0.717) is 6.54 Å². The number of alkyl halides is 3. The third-order valence-corrected chi connectivity index (χ3v) is 4.16. The molecule has 1 heterocycles. The van der Waals surface area contributed by atoms with Gasteiger partial charge in [0.2, 0.25) is 5.91 Å². The molecule has 2 N–H and O–H groups in total. The molecule has 0 aromatic rings. The smallest absolute Gasteiger partial charge is 0.338 e. The van der Waals surface area contributed by atoms with Crippen molar-refractivity contribution in [2.24, 2.45) is 17.6 Å². The van der Waals surface area contributed by atoms with E-state index in [2.05, 4.69) is 0 Å². The molecular weight excluding hydrogens is 257 g/mol. The molecule has 0 bridgehead atoms. The van der Waals surface area contributed by atoms with Crippen molar-refractivity contribution in [3.05, 3.63) is 11.6 Å². The van der Waals surface area contributed by atoms with E-state index in [-0.39, 0.29) is 37.3 Å². The van der Waals surface area contributed by atoms with Crippen LogP contribution in [0, 0.1) is 11.8 Å². The van der Waals surface area contributed by atoms with Crippen LogP contribution in [0.15, 0.2) is 11.6 Å². The van der Waals surface area contributed by atoms with Gasteiger partial charge in [-0.25, -0.2) is 0 Å². The molecule has 0 aromatic carbocycles. The lowest BCUT2D eigenvalue weighted by Crippen LogP contribution is -2.42. The van der Waals surface area contributed by atoms with Crippen LogP contribution in [-0.4, -0.2) is 36.6 Å². The molecule has 0 spiro atoms. The highest BCUT2D eigenvalue weighted by molar-refractivity contribution is 5.79. The van der Waals surface area contributed by atoms with Gasteiger partial charge in [0.25, 0.3) is 0 Å². The fraction of sp³-hybridized carbons (Fsp3) is 0.769. The Morgan fingerprint density at radius 3 is 2.68 bits per heavy atom. The molecule has 2 aliphatic rings. The molecule has 1 fully saturated rings. The lowest BCUT2D eigenvalue weighted by molar-refractivity contribution is -0.137. The molecule has 0 radical (unpaired) electrons. The third-order valence-electron chi connectivity index (χ3n) is 4.16. The summed E-state index contributed by atoms with van der Waals surface area (Å²) >= 11 is 0. The number of nitrogens with zero attached hydrogens (tertiary/aromatic N) is 1. The average molecular weight is 276 g/mol. The number of hydrogen-bond acceptors (Lipinski definition) is 2. The van der Waals surface area contributed by atoms with E-state index in [9.17, 15) is 18.0 Å². The summed E-state index contributed by atoms with van der Waals surface area (Å²) in [5.41, 5.74) is 5.12. The van der Waals surface area contributed by atoms with Gasteiger partial charge in [0.1, 0.15) is 0 Å². The Morgan fingerprint density at radius 1 is 1.42 bits per heavy atom. The first-order chi connectivity index (χ1) is 8.93. The zero-order valence-electron chi connectivity index (χ0n) is 10.7. The van der Waals surface area contributed by atoms with E-state index in [1.165, 1.54) is 4.90 Å². The summed E-state index contributed by atoms with van der Waals surface area (Å²) < 4.78 is 37.5. The fourth-order valence-corrected chi connectivity index (χ4v) is 3.01. The molecule has 2 atom stereocenters. The molecule has 0 saturated heterocycles. The molecule has 1 saturated carbocycles. The molecule has 108 valence electrons. The lowest BCUT2D eigenvalue weighted by Gasteiger charge is -2.31. The van der Waals surface area contributed by atoms with Gasteiger partial charge in [-0.05, 0) is 31.7 Å². The van der Waals surface area contributed by atoms with Gasteiger partial charge >= 0.3 is 6.18 Å². The molecule has 1 aliphatic heterocycles. The second-order valence-corrected chi connectivity index (χ2v) is 5.29. The Morgan fingerprint density at radius 2 is 2.16 bits per heavy atom. The Kier molecular flexibility index (Phi) is 4.18. The fourth-order valence-electron chi connectivity index (χ4n) is 3.01. The highest BCUT2D eigenvalue weighted by atomic mass is 19.4. The molecule has 19 heavy (non-hydrogen) atoms. The van der Waals surface area contributed by atoms with Gasteiger partial charge in [0, 0.05) is 24.6 Å². The molecule has 1 aliphatic carbocycles. The Hall–Kier alpha value is -1.04. The normalized spacial score (nSPS) is 28.4. The maximum atomic E-state index is 12.5. The zero-order chi connectivity index (χ0) is 14.0. The van der Waals surface area contributed by atoms with Crippen LogP contribution in [0.5, 0.6) is 0 Å². The quantitative estimate of drug-likeness (QED) is 0.785. The van der Waals surface area contributed by atoms with Crippen molar-refractivity contribution in [2.75, 3.05) is 19.6 Å². The number of amides is 1. The van der Waals surface area contributed by atoms with Crippen LogP contribution < -0.4 is 5.73 Å². The summed E-state index contributed by atoms with van der Waals surface area (Å²) in [4.78, 5) is 13.8. The number of nitrogens with two attached hydrogens (primary N) is 1. The van der Waals surface area contributed by atoms with Crippen molar-refractivity contribution in [1.29, 1.82) is 0 Å². The number of hydrogen-bond donors (Lipinski definition) is 1. The standard InChI is InChI=1S/C13H19F3N2O/c14-13(15,16)10-4-6-18(7-5-10)12(19)11-3-1-2-9(11)8-17/h4,9,11H,1-3,5-8,17H2. The molecule has 0 aromatic heterocycles. The van der Waals surface area contributed by atoms with Gasteiger partial charge in [0.05, 0.1) is 0 Å². The van der Waals surface area contributed by atoms with E-state index in [1.54, 1.807) is 0 Å². The van der Waals surface area contributed by atoms with E-state index in [1.807, 2.05) is 0 Å². The first-order valence-electron chi connectivity index (χ1n) is 6.68. The highest BCUT2D eigenvalue weighted by Crippen LogP contribution is 2.34. The van der Waals surface area contributed by atoms with Crippen molar-refractivity contribution in [3.8, 4) is 0 Å². The van der Waals surface area contributed by atoms with Gasteiger partial charge in [-0.2, -0.15) is 13.2 Å². The maximum absolute atomic E-state index is 12.5. The molecule has 2 unspecified atom stereocenters. The van der Waals surface area contributed by atoms with E-state index in [0.717, 1.165) is 25.3 Å². The topological polar surface area (TPSA) is 46.3 Å². The average Bonchev–Trinajstić information content (AvgIpc) is 2.85. The summed E-state index contributed by atoms with van der Waals surface area (Å²) in [5.74, 6) is 0.0803. The minimum Gasteiger partial charge on any atom is -0.338 e. The molecule has 2 rings (SSSR count). The van der Waals surface area contributed by atoms with Gasteiger partial charge in [-0.3, -0.25) is 4.79 Å². The van der Waals surface area contributed by atoms with E-state index in [4.69, 9.17) is 5.73 Å². The first kappa shape index (κ1) is 14.4. The van der Waals surface area contributed by atoms with Crippen LogP contribution in [0.1, 0.15) is 25.7 Å². The molecule has 6 heteroatoms. The third kappa shape index (κ3) is 3.11. The SMILES string of the molecule is NCC1CCCC1C(=O)N1CC=C(C(F)(F)F)CC1. The summed E-state index contributed by atoms with van der Waals surface area (Å²) in [6.07, 6.45) is -0.488. The second-order valence-electron chi connectivity index (χ2n) is 5.29. The van der Waals surface area contributed by atoms with Gasteiger partial charge in [0.15, 0.2) is 0 Å². The highest BCUT2D eigenvalue weighted by Gasteiger charge is 2.38. The zero-order valence-corrected chi connectivity index (χ0v) is 10.7. The largest absolute Gasteiger partial charge is 0.412 e. The first-order valence-corrected chi connectivity index (χ1v) is 6.68. The maximum Gasteiger partial charge on any atom is 0.412 e. The molecule has 3 nitrogen and oxygen atoms in total. The minimum absolute atomic E-state index is 0.0228. The Balaban J connectivity index is 1.98. The number of rotatable bonds is 2. The summed E-state index contributed by atoms with van der Waals surface area (Å²) in [6.45, 7) is 0.716. The van der Waals surface area contributed by atoms with Crippen molar-refractivity contribution >= 4 is 5.91 Å². The summed E-state index contributed by atoms with van der Waals surface area (Å²) in [7, 11) is 0. The van der Waals surface area contributed by atoms with Crippen LogP contribution in [0.3, 0.4) is 0 Å². The van der Waals surface area contributed by atoms with Crippen molar-refractivity contribution in [2.45, 2.75) is 31.9 Å². The predicted molar refractivity (Wildman–Crippen MR) is 65.2 cm³/mol. The van der Waals surface area contributed by atoms with Crippen molar-refractivity contribution < 1.29 is 18.0 Å². The van der Waals surface area contributed by atoms with Gasteiger partial charge in [-0.15, -0.1) is 0 Å². The van der Waals surface area contributed by atoms with Gasteiger partial charge < -0.3 is 10.6 Å². The van der Waals surface area contributed by atoms with Gasteiger partial charge in [-0.1, -0.05) is 12.5 Å². The monoisotopic (exact) mass is 276 g/mol. The lowest BCUT2D eigenvalue weighted by atomic mass is 9.94. The number of halogens is 3. The Labute approximate surface area is 110 Å². The summed E-state index contributed by atoms with van der Waals surface area (Å²) in [6, 6.07) is 0. The van der Waals surface area contributed by atoms with Crippen LogP contribution in [0.25, 0.3) is 0 Å². The van der Waals surface area contributed by atoms with Crippen LogP contribution in [-0.2, 0) is 4.79 Å². The molecular formula is C13H19F3N2O. The number of carbonyl (C=O) groups excluding carboxylic acids is 1. The van der Waals surface area contributed by atoms with E-state index < -0.39 is 11.7 Å². The van der Waals surface area contributed by atoms with E-state index >= 15 is 0 Å². The van der Waals surface area contributed by atoms with Crippen LogP contribution in [0.2, 0.25) is 0 Å². The van der Waals surface area contributed by atoms with Crippen molar-refractivity contribution in [1.82, 2.24) is 4.90 Å². The molecule has 1 amide bonds. The second kappa shape index (κ2) is 5.53.